The summed E-state index contributed by atoms with van der Waals surface area (Å²) in [5.41, 5.74) is 1.62. The number of halogens is 2. The van der Waals surface area contributed by atoms with E-state index in [9.17, 15) is 8.42 Å². The number of hydrogen-bond acceptors (Lipinski definition) is 8. The molecular weight excluding hydrogens is 497 g/mol. The lowest BCUT2D eigenvalue weighted by Crippen LogP contribution is -2.42. The summed E-state index contributed by atoms with van der Waals surface area (Å²) in [6, 6.07) is 1.81. The van der Waals surface area contributed by atoms with Gasteiger partial charge in [0.25, 0.3) is 0 Å². The van der Waals surface area contributed by atoms with Gasteiger partial charge in [0.1, 0.15) is 16.8 Å². The van der Waals surface area contributed by atoms with Gasteiger partial charge >= 0.3 is 0 Å². The molecule has 2 aromatic rings. The summed E-state index contributed by atoms with van der Waals surface area (Å²) in [5.74, 6) is 1.92. The number of allylic oxidation sites excluding steroid dienone is 1. The number of sulfonamides is 1. The van der Waals surface area contributed by atoms with Crippen LogP contribution in [0.2, 0.25) is 10.2 Å². The fourth-order valence-electron chi connectivity index (χ4n) is 4.18. The van der Waals surface area contributed by atoms with Crippen molar-refractivity contribution in [3.05, 3.63) is 62.9 Å². The molecule has 0 amide bonds. The third kappa shape index (κ3) is 3.80. The third-order valence-corrected chi connectivity index (χ3v) is 7.82. The molecule has 5 rings (SSSR count). The van der Waals surface area contributed by atoms with Crippen LogP contribution in [0, 0.1) is 0 Å². The molecule has 0 spiro atoms. The van der Waals surface area contributed by atoms with Crippen LogP contribution in [0.15, 0.2) is 46.6 Å². The minimum atomic E-state index is -3.81. The average molecular weight is 518 g/mol. The molecule has 2 aliphatic heterocycles. The lowest BCUT2D eigenvalue weighted by atomic mass is 9.98. The van der Waals surface area contributed by atoms with Crippen LogP contribution in [-0.2, 0) is 10.0 Å². The van der Waals surface area contributed by atoms with Gasteiger partial charge < -0.3 is 9.80 Å². The fourth-order valence-corrected chi connectivity index (χ4v) is 5.21. The fraction of sp³-hybridized carbons (Fsp3) is 0.273. The molecule has 0 saturated carbocycles. The van der Waals surface area contributed by atoms with Crippen molar-refractivity contribution in [3.63, 3.8) is 0 Å². The van der Waals surface area contributed by atoms with E-state index in [1.807, 2.05) is 31.0 Å². The van der Waals surface area contributed by atoms with Gasteiger partial charge in [-0.1, -0.05) is 29.3 Å². The molecule has 0 bridgehead atoms. The number of amidine groups is 1. The first-order valence-electron chi connectivity index (χ1n) is 10.5. The number of pyridine rings is 1. The molecule has 1 atom stereocenters. The Morgan fingerprint density at radius 3 is 2.79 bits per heavy atom. The predicted octanol–water partition coefficient (Wildman–Crippen LogP) is 3.28. The highest BCUT2D eigenvalue weighted by Gasteiger charge is 2.35. The second-order valence-electron chi connectivity index (χ2n) is 8.39. The Kier molecular flexibility index (Phi) is 5.51. The largest absolute Gasteiger partial charge is 0.331 e. The number of rotatable bonds is 4. The van der Waals surface area contributed by atoms with Crippen LogP contribution in [-0.4, -0.2) is 54.9 Å². The number of nitrogens with zero attached hydrogens (tertiary/aromatic N) is 6. The summed E-state index contributed by atoms with van der Waals surface area (Å²) >= 11 is 12.6. The van der Waals surface area contributed by atoms with Crippen LogP contribution < -0.4 is 14.9 Å². The first-order valence-corrected chi connectivity index (χ1v) is 12.8. The Bertz CT molecular complexity index is 1430. The second-order valence-corrected chi connectivity index (χ2v) is 10.7. The Labute approximate surface area is 207 Å². The Hall–Kier alpha value is -2.79. The van der Waals surface area contributed by atoms with Crippen LogP contribution in [0.5, 0.6) is 0 Å². The highest BCUT2D eigenvalue weighted by atomic mass is 35.5. The number of aromatic nitrogens is 3. The maximum absolute atomic E-state index is 11.8. The number of anilines is 2. The molecule has 9 nitrogen and oxygen atoms in total. The summed E-state index contributed by atoms with van der Waals surface area (Å²) in [4.78, 5) is 22.1. The van der Waals surface area contributed by atoms with Gasteiger partial charge in [-0.15, -0.1) is 0 Å². The third-order valence-electron chi connectivity index (χ3n) is 6.14. The van der Waals surface area contributed by atoms with Gasteiger partial charge in [0.2, 0.25) is 16.0 Å². The zero-order valence-corrected chi connectivity index (χ0v) is 20.7. The Balaban J connectivity index is 1.59. The van der Waals surface area contributed by atoms with E-state index in [-0.39, 0.29) is 10.1 Å². The molecule has 3 aliphatic rings. The summed E-state index contributed by atoms with van der Waals surface area (Å²) in [7, 11) is -2.00. The van der Waals surface area contributed by atoms with Gasteiger partial charge in [-0.2, -0.15) is 4.98 Å². The molecule has 0 fully saturated rings. The van der Waals surface area contributed by atoms with Crippen molar-refractivity contribution in [1.29, 1.82) is 0 Å². The van der Waals surface area contributed by atoms with Crippen molar-refractivity contribution in [2.75, 3.05) is 29.9 Å². The van der Waals surface area contributed by atoms with E-state index in [4.69, 9.17) is 38.3 Å². The van der Waals surface area contributed by atoms with Gasteiger partial charge in [0, 0.05) is 49.2 Å². The molecule has 1 unspecified atom stereocenters. The normalized spacial score (nSPS) is 21.4. The Morgan fingerprint density at radius 1 is 1.26 bits per heavy atom. The van der Waals surface area contributed by atoms with E-state index in [0.29, 0.717) is 17.5 Å². The molecule has 176 valence electrons. The van der Waals surface area contributed by atoms with Crippen LogP contribution in [0.3, 0.4) is 0 Å². The van der Waals surface area contributed by atoms with E-state index in [1.54, 1.807) is 24.5 Å². The zero-order valence-electron chi connectivity index (χ0n) is 18.4. The number of aliphatic imine (C=N–C) groups is 1. The average Bonchev–Trinajstić information content (AvgIpc) is 3.24. The zero-order chi connectivity index (χ0) is 24.3. The van der Waals surface area contributed by atoms with E-state index in [1.165, 1.54) is 6.08 Å². The molecule has 0 radical (unpaired) electrons. The lowest BCUT2D eigenvalue weighted by molar-refractivity contribution is 0.603. The summed E-state index contributed by atoms with van der Waals surface area (Å²) < 4.78 is 23.6. The van der Waals surface area contributed by atoms with E-state index >= 15 is 0 Å². The van der Waals surface area contributed by atoms with Gasteiger partial charge in [0.05, 0.1) is 15.5 Å². The summed E-state index contributed by atoms with van der Waals surface area (Å²) in [6.07, 6.45) is 11.0. The molecule has 2 N–H and O–H groups in total. The SMILES string of the molecule is CN(c1ncc2c(n1)N1CCCN=C1C(c1ccnc(Cl)c1Cl)=C2)C1(C)C=CC(S(N)(=O)=O)=C1. The maximum Gasteiger partial charge on any atom is 0.237 e. The van der Waals surface area contributed by atoms with Crippen LogP contribution >= 0.6 is 23.2 Å². The van der Waals surface area contributed by atoms with Crippen molar-refractivity contribution >= 4 is 62.5 Å². The minimum Gasteiger partial charge on any atom is -0.331 e. The number of primary sulfonamides is 1. The minimum absolute atomic E-state index is 0.0609. The molecule has 12 heteroatoms. The quantitative estimate of drug-likeness (QED) is 0.618. The standard InChI is InChI=1S/C22H21Cl2N7O2S/c1-22(6-4-14(11-22)34(25,32)33)30(2)21-28-12-13-10-16(15-5-8-26-18(24)17(15)23)20-27-7-3-9-31(20)19(13)29-21/h4-6,8,10-12H,3,7,9H2,1-2H3,(H2,25,32,33). The highest BCUT2D eigenvalue weighted by molar-refractivity contribution is 7.93. The smallest absolute Gasteiger partial charge is 0.237 e. The molecule has 34 heavy (non-hydrogen) atoms. The first kappa shape index (κ1) is 23.0. The van der Waals surface area contributed by atoms with Gasteiger partial charge in [-0.25, -0.2) is 23.5 Å². The Morgan fingerprint density at radius 2 is 2.06 bits per heavy atom. The molecular formula is C22H21Cl2N7O2S. The maximum atomic E-state index is 11.8. The topological polar surface area (TPSA) is 118 Å². The van der Waals surface area contributed by atoms with Crippen LogP contribution in [0.1, 0.15) is 24.5 Å². The molecule has 4 heterocycles. The number of fused-ring (bicyclic) bond motifs is 3. The van der Waals surface area contributed by atoms with E-state index < -0.39 is 15.6 Å². The lowest BCUT2D eigenvalue weighted by Gasteiger charge is -2.36. The van der Waals surface area contributed by atoms with Crippen molar-refractivity contribution in [1.82, 2.24) is 15.0 Å². The van der Waals surface area contributed by atoms with Crippen LogP contribution in [0.4, 0.5) is 11.8 Å². The predicted molar refractivity (Wildman–Crippen MR) is 136 cm³/mol. The monoisotopic (exact) mass is 517 g/mol. The number of nitrogens with two attached hydrogens (primary N) is 1. The highest BCUT2D eigenvalue weighted by Crippen LogP contribution is 2.39. The number of likely N-dealkylation sites (N-methyl/N-ethyl adjacent to an activating group) is 1. The van der Waals surface area contributed by atoms with Crippen molar-refractivity contribution in [2.24, 2.45) is 10.1 Å². The van der Waals surface area contributed by atoms with Gasteiger partial charge in [-0.05, 0) is 37.6 Å². The van der Waals surface area contributed by atoms with Gasteiger partial charge in [0.15, 0.2) is 0 Å². The molecule has 2 aromatic heterocycles. The summed E-state index contributed by atoms with van der Waals surface area (Å²) in [5, 5.41) is 5.89. The summed E-state index contributed by atoms with van der Waals surface area (Å²) in [6.45, 7) is 3.29. The molecule has 1 aliphatic carbocycles. The van der Waals surface area contributed by atoms with Gasteiger partial charge in [-0.3, -0.25) is 4.99 Å². The first-order chi connectivity index (χ1) is 16.1. The van der Waals surface area contributed by atoms with Crippen molar-refractivity contribution in [3.8, 4) is 0 Å². The van der Waals surface area contributed by atoms with E-state index in [2.05, 4.69) is 14.9 Å². The van der Waals surface area contributed by atoms with Crippen molar-refractivity contribution in [2.45, 2.75) is 18.9 Å². The van der Waals surface area contributed by atoms with Crippen molar-refractivity contribution < 1.29 is 8.42 Å². The second kappa shape index (κ2) is 8.16. The van der Waals surface area contributed by atoms with Crippen LogP contribution in [0.25, 0.3) is 11.6 Å². The number of hydrogen-bond donors (Lipinski definition) is 1. The van der Waals surface area contributed by atoms with E-state index in [0.717, 1.165) is 41.3 Å². The molecule has 0 saturated heterocycles. The molecule has 0 aromatic carbocycles.